The molecule has 0 fully saturated rings. The Morgan fingerprint density at radius 1 is 0.579 bits per heavy atom. The van der Waals surface area contributed by atoms with Gasteiger partial charge in [-0.15, -0.1) is 0 Å². The van der Waals surface area contributed by atoms with Crippen molar-refractivity contribution in [2.75, 3.05) is 0 Å². The molecule has 19 heavy (non-hydrogen) atoms. The molecular formula is C16H18O2S. The molecule has 0 spiro atoms. The zero-order chi connectivity index (χ0) is 14.2. The lowest BCUT2D eigenvalue weighted by atomic mass is 10.2. The number of benzene rings is 2. The third-order valence-corrected chi connectivity index (χ3v) is 4.72. The smallest absolute Gasteiger partial charge is 0.206 e. The van der Waals surface area contributed by atoms with Gasteiger partial charge in [-0.1, -0.05) is 12.1 Å². The number of aryl methyl sites for hydroxylation is 4. The van der Waals surface area contributed by atoms with Crippen LogP contribution >= 0.6 is 0 Å². The van der Waals surface area contributed by atoms with Gasteiger partial charge < -0.3 is 0 Å². The monoisotopic (exact) mass is 274 g/mol. The maximum Gasteiger partial charge on any atom is 0.206 e. The second-order valence-electron chi connectivity index (χ2n) is 5.15. The van der Waals surface area contributed by atoms with E-state index in [-0.39, 0.29) is 0 Å². The first-order chi connectivity index (χ1) is 8.79. The van der Waals surface area contributed by atoms with Crippen LogP contribution in [0.4, 0.5) is 0 Å². The average molecular weight is 274 g/mol. The van der Waals surface area contributed by atoms with E-state index in [0.29, 0.717) is 9.79 Å². The van der Waals surface area contributed by atoms with Crippen LogP contribution < -0.4 is 0 Å². The van der Waals surface area contributed by atoms with E-state index in [1.54, 1.807) is 24.3 Å². The summed E-state index contributed by atoms with van der Waals surface area (Å²) < 4.78 is 25.3. The normalized spacial score (nSPS) is 11.6. The number of rotatable bonds is 2. The standard InChI is InChI=1S/C16H18O2S/c1-11-5-12(2)8-15(7-11)19(17,18)16-9-13(3)6-14(4)10-16/h5-10H,1-4H3. The summed E-state index contributed by atoms with van der Waals surface area (Å²) in [7, 11) is -3.43. The molecule has 0 bridgehead atoms. The molecule has 0 radical (unpaired) electrons. The van der Waals surface area contributed by atoms with Crippen LogP contribution in [0.1, 0.15) is 22.3 Å². The molecule has 2 aromatic carbocycles. The van der Waals surface area contributed by atoms with Crippen molar-refractivity contribution in [3.8, 4) is 0 Å². The molecule has 0 unspecified atom stereocenters. The average Bonchev–Trinajstić information content (AvgIpc) is 2.26. The van der Waals surface area contributed by atoms with E-state index >= 15 is 0 Å². The first-order valence-electron chi connectivity index (χ1n) is 6.21. The first-order valence-corrected chi connectivity index (χ1v) is 7.69. The fourth-order valence-electron chi connectivity index (χ4n) is 2.31. The van der Waals surface area contributed by atoms with Crippen LogP contribution in [0, 0.1) is 27.7 Å². The van der Waals surface area contributed by atoms with Gasteiger partial charge in [-0.2, -0.15) is 0 Å². The van der Waals surface area contributed by atoms with Gasteiger partial charge in [-0.3, -0.25) is 0 Å². The minimum Gasteiger partial charge on any atom is -0.219 e. The molecule has 2 aromatic rings. The van der Waals surface area contributed by atoms with Crippen molar-refractivity contribution in [2.24, 2.45) is 0 Å². The Bertz CT molecular complexity index is 630. The number of hydrogen-bond donors (Lipinski definition) is 0. The predicted octanol–water partition coefficient (Wildman–Crippen LogP) is 3.75. The molecule has 3 heteroatoms. The Morgan fingerprint density at radius 2 is 0.842 bits per heavy atom. The fraction of sp³-hybridized carbons (Fsp3) is 0.250. The van der Waals surface area contributed by atoms with Crippen molar-refractivity contribution < 1.29 is 8.42 Å². The summed E-state index contributed by atoms with van der Waals surface area (Å²) in [4.78, 5) is 0.741. The molecule has 0 aromatic heterocycles. The van der Waals surface area contributed by atoms with E-state index in [2.05, 4.69) is 0 Å². The van der Waals surface area contributed by atoms with E-state index < -0.39 is 9.84 Å². The van der Waals surface area contributed by atoms with Crippen molar-refractivity contribution in [1.82, 2.24) is 0 Å². The Kier molecular flexibility index (Phi) is 3.50. The second kappa shape index (κ2) is 4.82. The lowest BCUT2D eigenvalue weighted by Gasteiger charge is -2.09. The molecule has 100 valence electrons. The molecule has 0 heterocycles. The molecule has 2 rings (SSSR count). The largest absolute Gasteiger partial charge is 0.219 e. The molecule has 0 amide bonds. The predicted molar refractivity (Wildman–Crippen MR) is 77.3 cm³/mol. The molecule has 0 saturated heterocycles. The van der Waals surface area contributed by atoms with Gasteiger partial charge >= 0.3 is 0 Å². The van der Waals surface area contributed by atoms with Crippen LogP contribution in [-0.2, 0) is 9.84 Å². The Labute approximate surface area is 115 Å². The van der Waals surface area contributed by atoms with E-state index in [0.717, 1.165) is 22.3 Å². The van der Waals surface area contributed by atoms with E-state index in [1.165, 1.54) is 0 Å². The third-order valence-electron chi connectivity index (χ3n) is 3.01. The van der Waals surface area contributed by atoms with E-state index in [9.17, 15) is 8.42 Å². The lowest BCUT2D eigenvalue weighted by Crippen LogP contribution is -2.03. The zero-order valence-corrected chi connectivity index (χ0v) is 12.5. The highest BCUT2D eigenvalue weighted by molar-refractivity contribution is 7.91. The van der Waals surface area contributed by atoms with Crippen LogP contribution in [-0.4, -0.2) is 8.42 Å². The lowest BCUT2D eigenvalue weighted by molar-refractivity contribution is 0.595. The third kappa shape index (κ3) is 2.87. The molecule has 0 aliphatic heterocycles. The number of hydrogen-bond acceptors (Lipinski definition) is 2. The summed E-state index contributed by atoms with van der Waals surface area (Å²) in [6, 6.07) is 10.8. The minimum atomic E-state index is -3.43. The molecule has 0 aliphatic rings. The van der Waals surface area contributed by atoms with Crippen LogP contribution in [0.25, 0.3) is 0 Å². The van der Waals surface area contributed by atoms with Gasteiger partial charge in [0.15, 0.2) is 0 Å². The van der Waals surface area contributed by atoms with Crippen molar-refractivity contribution in [3.05, 3.63) is 58.7 Å². The van der Waals surface area contributed by atoms with Gasteiger partial charge in [0, 0.05) is 0 Å². The second-order valence-corrected chi connectivity index (χ2v) is 7.10. The summed E-state index contributed by atoms with van der Waals surface area (Å²) in [5.41, 5.74) is 3.84. The van der Waals surface area contributed by atoms with E-state index in [4.69, 9.17) is 0 Å². The summed E-state index contributed by atoms with van der Waals surface area (Å²) in [6.07, 6.45) is 0. The summed E-state index contributed by atoms with van der Waals surface area (Å²) >= 11 is 0. The van der Waals surface area contributed by atoms with Crippen molar-refractivity contribution in [3.63, 3.8) is 0 Å². The van der Waals surface area contributed by atoms with Crippen molar-refractivity contribution in [1.29, 1.82) is 0 Å². The summed E-state index contributed by atoms with van der Waals surface area (Å²) in [6.45, 7) is 7.64. The van der Waals surface area contributed by atoms with Gasteiger partial charge in [0.1, 0.15) is 0 Å². The molecule has 2 nitrogen and oxygen atoms in total. The molecule has 0 aliphatic carbocycles. The van der Waals surface area contributed by atoms with Crippen molar-refractivity contribution >= 4 is 9.84 Å². The Morgan fingerprint density at radius 3 is 1.11 bits per heavy atom. The SMILES string of the molecule is Cc1cc(C)cc(S(=O)(=O)c2cc(C)cc(C)c2)c1. The molecule has 0 N–H and O–H groups in total. The van der Waals surface area contributed by atoms with Gasteiger partial charge in [-0.05, 0) is 74.2 Å². The molecule has 0 atom stereocenters. The first kappa shape index (κ1) is 13.8. The fourth-order valence-corrected chi connectivity index (χ4v) is 3.95. The minimum absolute atomic E-state index is 0.370. The maximum absolute atomic E-state index is 12.6. The molecular weight excluding hydrogens is 256 g/mol. The van der Waals surface area contributed by atoms with Crippen molar-refractivity contribution in [2.45, 2.75) is 37.5 Å². The number of sulfone groups is 1. The molecule has 0 saturated carbocycles. The van der Waals surface area contributed by atoms with E-state index in [1.807, 2.05) is 39.8 Å². The Balaban J connectivity index is 2.65. The van der Waals surface area contributed by atoms with Crippen LogP contribution in [0.5, 0.6) is 0 Å². The van der Waals surface area contributed by atoms with Gasteiger partial charge in [-0.25, -0.2) is 8.42 Å². The highest BCUT2D eigenvalue weighted by atomic mass is 32.2. The highest BCUT2D eigenvalue weighted by Crippen LogP contribution is 2.24. The van der Waals surface area contributed by atoms with Crippen LogP contribution in [0.15, 0.2) is 46.2 Å². The van der Waals surface area contributed by atoms with Crippen LogP contribution in [0.3, 0.4) is 0 Å². The highest BCUT2D eigenvalue weighted by Gasteiger charge is 2.18. The summed E-state index contributed by atoms with van der Waals surface area (Å²) in [5, 5.41) is 0. The zero-order valence-electron chi connectivity index (χ0n) is 11.7. The summed E-state index contributed by atoms with van der Waals surface area (Å²) in [5.74, 6) is 0. The van der Waals surface area contributed by atoms with Gasteiger partial charge in [0.25, 0.3) is 0 Å². The van der Waals surface area contributed by atoms with Gasteiger partial charge in [0.2, 0.25) is 9.84 Å². The topological polar surface area (TPSA) is 34.1 Å². The quantitative estimate of drug-likeness (QED) is 0.835. The Hall–Kier alpha value is -1.61. The van der Waals surface area contributed by atoms with Gasteiger partial charge in [0.05, 0.1) is 9.79 Å². The maximum atomic E-state index is 12.6. The van der Waals surface area contributed by atoms with Crippen LogP contribution in [0.2, 0.25) is 0 Å².